The Kier molecular flexibility index (Phi) is 3.98. The van der Waals surface area contributed by atoms with Crippen LogP contribution in [0.1, 0.15) is 19.3 Å². The second-order valence-electron chi connectivity index (χ2n) is 4.46. The highest BCUT2D eigenvalue weighted by Crippen LogP contribution is 2.30. The van der Waals surface area contributed by atoms with Gasteiger partial charge in [-0.3, -0.25) is 10.1 Å². The fourth-order valence-electron chi connectivity index (χ4n) is 2.32. The molecule has 1 aromatic heterocycles. The molecule has 0 amide bonds. The molecule has 1 aliphatic carbocycles. The third kappa shape index (κ3) is 2.70. The van der Waals surface area contributed by atoms with Crippen LogP contribution in [0, 0.1) is 16.0 Å². The van der Waals surface area contributed by atoms with Gasteiger partial charge in [0, 0.05) is 12.1 Å². The number of nitrogens with one attached hydrogen (secondary N) is 1. The van der Waals surface area contributed by atoms with E-state index >= 15 is 0 Å². The van der Waals surface area contributed by atoms with Gasteiger partial charge in [-0.1, -0.05) is 18.0 Å². The molecule has 0 spiro atoms. The summed E-state index contributed by atoms with van der Waals surface area (Å²) in [6.45, 7) is 0.627. The molecule has 2 unspecified atom stereocenters. The van der Waals surface area contributed by atoms with Gasteiger partial charge in [-0.2, -0.15) is 0 Å². The minimum Gasteiger partial charge on any atom is -0.366 e. The molecule has 18 heavy (non-hydrogen) atoms. The SMILES string of the molecule is NCC1CCCC1Nc1ncc([N+](=O)[O-])cc1Cl. The second-order valence-corrected chi connectivity index (χ2v) is 4.87. The van der Waals surface area contributed by atoms with Gasteiger partial charge in [-0.15, -0.1) is 0 Å². The molecule has 0 saturated heterocycles. The predicted molar refractivity (Wildman–Crippen MR) is 69.7 cm³/mol. The van der Waals surface area contributed by atoms with Crippen molar-refractivity contribution in [2.45, 2.75) is 25.3 Å². The number of hydrogen-bond donors (Lipinski definition) is 2. The van der Waals surface area contributed by atoms with Crippen LogP contribution in [-0.4, -0.2) is 22.5 Å². The minimum absolute atomic E-state index is 0.104. The normalized spacial score (nSPS) is 23.0. The summed E-state index contributed by atoms with van der Waals surface area (Å²) < 4.78 is 0. The first-order valence-electron chi connectivity index (χ1n) is 5.88. The van der Waals surface area contributed by atoms with Crippen molar-refractivity contribution in [2.75, 3.05) is 11.9 Å². The van der Waals surface area contributed by atoms with Gasteiger partial charge in [0.15, 0.2) is 0 Å². The standard InChI is InChI=1S/C11H15ClN4O2/c12-9-4-8(16(17)18)6-14-11(9)15-10-3-1-2-7(10)5-13/h4,6-7,10H,1-3,5,13H2,(H,14,15). The zero-order valence-electron chi connectivity index (χ0n) is 9.80. The highest BCUT2D eigenvalue weighted by atomic mass is 35.5. The highest BCUT2D eigenvalue weighted by molar-refractivity contribution is 6.33. The molecule has 7 heteroatoms. The highest BCUT2D eigenvalue weighted by Gasteiger charge is 2.27. The molecule has 0 aromatic carbocycles. The van der Waals surface area contributed by atoms with E-state index in [2.05, 4.69) is 10.3 Å². The molecule has 0 bridgehead atoms. The summed E-state index contributed by atoms with van der Waals surface area (Å²) in [6.07, 6.45) is 4.46. The number of pyridine rings is 1. The van der Waals surface area contributed by atoms with Crippen LogP contribution in [0.4, 0.5) is 11.5 Å². The molecule has 1 saturated carbocycles. The summed E-state index contributed by atoms with van der Waals surface area (Å²) in [5, 5.41) is 14.1. The number of hydrogen-bond acceptors (Lipinski definition) is 5. The van der Waals surface area contributed by atoms with Crippen molar-refractivity contribution in [3.8, 4) is 0 Å². The van der Waals surface area contributed by atoms with Crippen LogP contribution < -0.4 is 11.1 Å². The van der Waals surface area contributed by atoms with E-state index in [1.165, 1.54) is 12.3 Å². The van der Waals surface area contributed by atoms with Crippen molar-refractivity contribution in [2.24, 2.45) is 11.7 Å². The Balaban J connectivity index is 2.12. The van der Waals surface area contributed by atoms with Crippen LogP contribution in [0.25, 0.3) is 0 Å². The van der Waals surface area contributed by atoms with E-state index in [1.54, 1.807) is 0 Å². The predicted octanol–water partition coefficient (Wildman–Crippen LogP) is 2.18. The van der Waals surface area contributed by atoms with Crippen molar-refractivity contribution in [1.82, 2.24) is 4.98 Å². The van der Waals surface area contributed by atoms with E-state index in [0.717, 1.165) is 19.3 Å². The lowest BCUT2D eigenvalue weighted by atomic mass is 10.0. The van der Waals surface area contributed by atoms with Crippen LogP contribution in [-0.2, 0) is 0 Å². The summed E-state index contributed by atoms with van der Waals surface area (Å²) >= 11 is 5.98. The Morgan fingerprint density at radius 3 is 3.00 bits per heavy atom. The van der Waals surface area contributed by atoms with Crippen molar-refractivity contribution in [1.29, 1.82) is 0 Å². The largest absolute Gasteiger partial charge is 0.366 e. The monoisotopic (exact) mass is 270 g/mol. The average Bonchev–Trinajstić information content (AvgIpc) is 2.78. The van der Waals surface area contributed by atoms with Crippen LogP contribution in [0.3, 0.4) is 0 Å². The number of aromatic nitrogens is 1. The molecular weight excluding hydrogens is 256 g/mol. The molecule has 2 rings (SSSR count). The first-order chi connectivity index (χ1) is 8.61. The number of nitrogens with two attached hydrogens (primary N) is 1. The minimum atomic E-state index is -0.513. The summed E-state index contributed by atoms with van der Waals surface area (Å²) in [5.74, 6) is 0.908. The van der Waals surface area contributed by atoms with Crippen LogP contribution in [0.15, 0.2) is 12.3 Å². The summed E-state index contributed by atoms with van der Waals surface area (Å²) in [6, 6.07) is 1.56. The lowest BCUT2D eigenvalue weighted by Crippen LogP contribution is -2.29. The maximum atomic E-state index is 10.6. The van der Waals surface area contributed by atoms with Gasteiger partial charge in [0.25, 0.3) is 5.69 Å². The Hall–Kier alpha value is -1.40. The first-order valence-corrected chi connectivity index (χ1v) is 6.26. The Bertz CT molecular complexity index is 455. The molecule has 98 valence electrons. The molecule has 1 aliphatic rings. The van der Waals surface area contributed by atoms with Crippen molar-refractivity contribution >= 4 is 23.1 Å². The third-order valence-electron chi connectivity index (χ3n) is 3.32. The summed E-state index contributed by atoms with van der Waals surface area (Å²) in [4.78, 5) is 14.1. The van der Waals surface area contributed by atoms with Crippen molar-refractivity contribution < 1.29 is 4.92 Å². The molecular formula is C11H15ClN4O2. The zero-order valence-corrected chi connectivity index (χ0v) is 10.6. The third-order valence-corrected chi connectivity index (χ3v) is 3.61. The number of rotatable bonds is 4. The van der Waals surface area contributed by atoms with E-state index in [0.29, 0.717) is 18.3 Å². The van der Waals surface area contributed by atoms with Gasteiger partial charge in [-0.05, 0) is 25.3 Å². The first kappa shape index (κ1) is 13.0. The van der Waals surface area contributed by atoms with Gasteiger partial charge in [0.2, 0.25) is 0 Å². The van der Waals surface area contributed by atoms with E-state index in [4.69, 9.17) is 17.3 Å². The molecule has 0 aliphatic heterocycles. The zero-order chi connectivity index (χ0) is 13.1. The van der Waals surface area contributed by atoms with Crippen molar-refractivity contribution in [3.05, 3.63) is 27.4 Å². The molecule has 1 fully saturated rings. The maximum Gasteiger partial charge on any atom is 0.289 e. The lowest BCUT2D eigenvalue weighted by molar-refractivity contribution is -0.385. The molecule has 1 aromatic rings. The summed E-state index contributed by atoms with van der Waals surface area (Å²) in [7, 11) is 0. The molecule has 3 N–H and O–H groups in total. The van der Waals surface area contributed by atoms with Gasteiger partial charge in [0.1, 0.15) is 12.0 Å². The van der Waals surface area contributed by atoms with E-state index in [9.17, 15) is 10.1 Å². The molecule has 6 nitrogen and oxygen atoms in total. The summed E-state index contributed by atoms with van der Waals surface area (Å²) in [5.41, 5.74) is 5.59. The second kappa shape index (κ2) is 5.49. The van der Waals surface area contributed by atoms with Gasteiger partial charge in [0.05, 0.1) is 9.95 Å². The lowest BCUT2D eigenvalue weighted by Gasteiger charge is -2.20. The quantitative estimate of drug-likeness (QED) is 0.646. The van der Waals surface area contributed by atoms with Gasteiger partial charge < -0.3 is 11.1 Å². The topological polar surface area (TPSA) is 94.1 Å². The molecule has 1 heterocycles. The van der Waals surface area contributed by atoms with Crippen molar-refractivity contribution in [3.63, 3.8) is 0 Å². The molecule has 0 radical (unpaired) electrons. The average molecular weight is 271 g/mol. The van der Waals surface area contributed by atoms with Crippen LogP contribution >= 0.6 is 11.6 Å². The van der Waals surface area contributed by atoms with Crippen LogP contribution in [0.2, 0.25) is 5.02 Å². The Labute approximate surface area is 110 Å². The van der Waals surface area contributed by atoms with E-state index in [1.807, 2.05) is 0 Å². The number of nitro groups is 1. The number of nitrogens with zero attached hydrogens (tertiary/aromatic N) is 2. The van der Waals surface area contributed by atoms with Crippen LogP contribution in [0.5, 0.6) is 0 Å². The van der Waals surface area contributed by atoms with E-state index in [-0.39, 0.29) is 16.8 Å². The van der Waals surface area contributed by atoms with E-state index < -0.39 is 4.92 Å². The number of anilines is 1. The maximum absolute atomic E-state index is 10.6. The fourth-order valence-corrected chi connectivity index (χ4v) is 2.53. The Morgan fingerprint density at radius 2 is 2.39 bits per heavy atom. The number of halogens is 1. The fraction of sp³-hybridized carbons (Fsp3) is 0.545. The van der Waals surface area contributed by atoms with Gasteiger partial charge in [-0.25, -0.2) is 4.98 Å². The smallest absolute Gasteiger partial charge is 0.289 e. The molecule has 2 atom stereocenters. The Morgan fingerprint density at radius 1 is 1.61 bits per heavy atom. The van der Waals surface area contributed by atoms with Gasteiger partial charge >= 0.3 is 0 Å².